The molecule has 0 aliphatic heterocycles. The molecule has 1 heterocycles. The fraction of sp³-hybridized carbons (Fsp3) is 0.324. The number of H-pyrrole nitrogens is 1. The van der Waals surface area contributed by atoms with Gasteiger partial charge in [-0.15, -0.1) is 0 Å². The van der Waals surface area contributed by atoms with Crippen LogP contribution in [0.1, 0.15) is 51.3 Å². The van der Waals surface area contributed by atoms with Crippen LogP contribution in [0.3, 0.4) is 0 Å². The summed E-state index contributed by atoms with van der Waals surface area (Å²) < 4.78 is 5.40. The third kappa shape index (κ3) is 7.30. The highest BCUT2D eigenvalue weighted by Crippen LogP contribution is 2.34. The number of nitrogens with one attached hydrogen (secondary N) is 1. The molecule has 0 amide bonds. The molecule has 192 valence electrons. The lowest BCUT2D eigenvalue weighted by Crippen LogP contribution is -1.94. The minimum atomic E-state index is 0.634. The van der Waals surface area contributed by atoms with Crippen LogP contribution < -0.4 is 0 Å². The monoisotopic (exact) mass is 492 g/mol. The quantitative estimate of drug-likeness (QED) is 0.212. The maximum atomic E-state index is 5.40. The molecule has 0 saturated heterocycles. The molecule has 0 saturated carbocycles. The topological polar surface area (TPSA) is 37.9 Å². The Kier molecular flexibility index (Phi) is 9.14. The SMILES string of the molecule is CCOC/C=C/c1ccc(-c2nc(-c3ccc(CC(C)C)cc3)c(-c3ccc(CC(C)C)cc3)[nH]2)cc1. The number of aromatic amines is 1. The number of benzene rings is 3. The average Bonchev–Trinajstić information content (AvgIpc) is 3.33. The Bertz CT molecular complexity index is 1210. The van der Waals surface area contributed by atoms with Gasteiger partial charge in [0, 0.05) is 23.3 Å². The van der Waals surface area contributed by atoms with Crippen LogP contribution in [0.2, 0.25) is 0 Å². The number of aromatic nitrogens is 2. The first-order chi connectivity index (χ1) is 17.9. The van der Waals surface area contributed by atoms with E-state index < -0.39 is 0 Å². The van der Waals surface area contributed by atoms with E-state index in [9.17, 15) is 0 Å². The fourth-order valence-corrected chi connectivity index (χ4v) is 4.60. The molecule has 0 aliphatic carbocycles. The molecule has 37 heavy (non-hydrogen) atoms. The van der Waals surface area contributed by atoms with Gasteiger partial charge in [-0.1, -0.05) is 113 Å². The van der Waals surface area contributed by atoms with Gasteiger partial charge in [0.2, 0.25) is 0 Å². The third-order valence-electron chi connectivity index (χ3n) is 6.37. The molecule has 0 bridgehead atoms. The maximum absolute atomic E-state index is 5.40. The first-order valence-electron chi connectivity index (χ1n) is 13.6. The largest absolute Gasteiger partial charge is 0.378 e. The molecular weight excluding hydrogens is 452 g/mol. The van der Waals surface area contributed by atoms with Crippen molar-refractivity contribution < 1.29 is 4.74 Å². The molecule has 3 nitrogen and oxygen atoms in total. The van der Waals surface area contributed by atoms with Crippen LogP contribution in [0.4, 0.5) is 0 Å². The van der Waals surface area contributed by atoms with Gasteiger partial charge < -0.3 is 9.72 Å². The molecule has 0 fully saturated rings. The normalized spacial score (nSPS) is 11.8. The Labute approximate surface area is 222 Å². The molecule has 4 aromatic rings. The van der Waals surface area contributed by atoms with Crippen molar-refractivity contribution in [2.75, 3.05) is 13.2 Å². The molecule has 1 N–H and O–H groups in total. The second-order valence-corrected chi connectivity index (χ2v) is 10.6. The van der Waals surface area contributed by atoms with Gasteiger partial charge in [0.1, 0.15) is 5.82 Å². The van der Waals surface area contributed by atoms with E-state index in [0.29, 0.717) is 18.4 Å². The second-order valence-electron chi connectivity index (χ2n) is 10.6. The van der Waals surface area contributed by atoms with E-state index in [4.69, 9.17) is 9.72 Å². The van der Waals surface area contributed by atoms with Crippen LogP contribution in [-0.2, 0) is 17.6 Å². The van der Waals surface area contributed by atoms with Gasteiger partial charge in [-0.2, -0.15) is 0 Å². The molecule has 0 unspecified atom stereocenters. The summed E-state index contributed by atoms with van der Waals surface area (Å²) in [5.74, 6) is 2.16. The van der Waals surface area contributed by atoms with Crippen molar-refractivity contribution in [3.8, 4) is 33.9 Å². The lowest BCUT2D eigenvalue weighted by Gasteiger charge is -2.08. The Morgan fingerprint density at radius 2 is 1.27 bits per heavy atom. The summed E-state index contributed by atoms with van der Waals surface area (Å²) in [6.07, 6.45) is 6.31. The predicted octanol–water partition coefficient (Wildman–Crippen LogP) is 8.86. The third-order valence-corrected chi connectivity index (χ3v) is 6.37. The highest BCUT2D eigenvalue weighted by molar-refractivity contribution is 5.81. The molecule has 4 rings (SSSR count). The molecule has 0 radical (unpaired) electrons. The minimum Gasteiger partial charge on any atom is -0.378 e. The number of ether oxygens (including phenoxy) is 1. The first-order valence-corrected chi connectivity index (χ1v) is 13.6. The zero-order chi connectivity index (χ0) is 26.2. The van der Waals surface area contributed by atoms with Gasteiger partial charge in [-0.3, -0.25) is 0 Å². The van der Waals surface area contributed by atoms with Crippen LogP contribution in [0.25, 0.3) is 40.0 Å². The fourth-order valence-electron chi connectivity index (χ4n) is 4.60. The lowest BCUT2D eigenvalue weighted by atomic mass is 9.98. The van der Waals surface area contributed by atoms with Crippen molar-refractivity contribution in [3.05, 3.63) is 95.6 Å². The molecule has 0 aliphatic rings. The molecule has 1 aromatic heterocycles. The van der Waals surface area contributed by atoms with Crippen molar-refractivity contribution in [2.45, 2.75) is 47.5 Å². The van der Waals surface area contributed by atoms with Gasteiger partial charge in [-0.25, -0.2) is 4.98 Å². The van der Waals surface area contributed by atoms with Gasteiger partial charge >= 0.3 is 0 Å². The predicted molar refractivity (Wildman–Crippen MR) is 158 cm³/mol. The zero-order valence-electron chi connectivity index (χ0n) is 22.9. The average molecular weight is 493 g/mol. The molecule has 0 spiro atoms. The number of hydrogen-bond donors (Lipinski definition) is 1. The van der Waals surface area contributed by atoms with Crippen molar-refractivity contribution in [2.24, 2.45) is 11.8 Å². The minimum absolute atomic E-state index is 0.634. The van der Waals surface area contributed by atoms with Gasteiger partial charge in [0.15, 0.2) is 0 Å². The lowest BCUT2D eigenvalue weighted by molar-refractivity contribution is 0.178. The smallest absolute Gasteiger partial charge is 0.138 e. The zero-order valence-corrected chi connectivity index (χ0v) is 22.9. The van der Waals surface area contributed by atoms with Crippen LogP contribution in [0, 0.1) is 11.8 Å². The summed E-state index contributed by atoms with van der Waals surface area (Å²) in [5, 5.41) is 0. The Morgan fingerprint density at radius 3 is 1.81 bits per heavy atom. The van der Waals surface area contributed by atoms with E-state index >= 15 is 0 Å². The van der Waals surface area contributed by atoms with E-state index in [-0.39, 0.29) is 0 Å². The van der Waals surface area contributed by atoms with Crippen molar-refractivity contribution >= 4 is 6.08 Å². The summed E-state index contributed by atoms with van der Waals surface area (Å²) in [7, 11) is 0. The van der Waals surface area contributed by atoms with E-state index in [0.717, 1.165) is 58.9 Å². The summed E-state index contributed by atoms with van der Waals surface area (Å²) in [6.45, 7) is 12.4. The number of hydrogen-bond acceptors (Lipinski definition) is 2. The van der Waals surface area contributed by atoms with E-state index in [1.54, 1.807) is 0 Å². The first kappa shape index (κ1) is 26.6. The summed E-state index contributed by atoms with van der Waals surface area (Å²) in [6, 6.07) is 26.3. The number of imidazole rings is 1. The van der Waals surface area contributed by atoms with Gasteiger partial charge in [-0.05, 0) is 48.3 Å². The van der Waals surface area contributed by atoms with Crippen molar-refractivity contribution in [1.29, 1.82) is 0 Å². The number of rotatable bonds is 11. The second kappa shape index (κ2) is 12.7. The van der Waals surface area contributed by atoms with E-state index in [1.165, 1.54) is 11.1 Å². The standard InChI is InChI=1S/C34H40N2O/c1-6-37-21-7-8-26-9-19-31(20-10-26)34-35-32(29-15-11-27(12-16-29)22-24(2)3)33(36-34)30-17-13-28(14-18-30)23-25(4)5/h7-20,24-25H,6,21-23H2,1-5H3,(H,35,36)/b8-7+. The summed E-state index contributed by atoms with van der Waals surface area (Å²) >= 11 is 0. The van der Waals surface area contributed by atoms with Gasteiger partial charge in [0.25, 0.3) is 0 Å². The molecular formula is C34H40N2O. The molecule has 3 aromatic carbocycles. The van der Waals surface area contributed by atoms with E-state index in [2.05, 4.69) is 112 Å². The van der Waals surface area contributed by atoms with Crippen molar-refractivity contribution in [3.63, 3.8) is 0 Å². The van der Waals surface area contributed by atoms with E-state index in [1.807, 2.05) is 13.0 Å². The Hall–Kier alpha value is -3.43. The Balaban J connectivity index is 1.68. The molecule has 3 heteroatoms. The summed E-state index contributed by atoms with van der Waals surface area (Å²) in [5.41, 5.74) is 9.29. The summed E-state index contributed by atoms with van der Waals surface area (Å²) in [4.78, 5) is 8.76. The Morgan fingerprint density at radius 1 is 0.730 bits per heavy atom. The molecule has 0 atom stereocenters. The number of nitrogens with zero attached hydrogens (tertiary/aromatic N) is 1. The maximum Gasteiger partial charge on any atom is 0.138 e. The van der Waals surface area contributed by atoms with Crippen LogP contribution in [0.5, 0.6) is 0 Å². The highest BCUT2D eigenvalue weighted by atomic mass is 16.5. The highest BCUT2D eigenvalue weighted by Gasteiger charge is 2.16. The van der Waals surface area contributed by atoms with Gasteiger partial charge in [0.05, 0.1) is 18.0 Å². The van der Waals surface area contributed by atoms with Crippen LogP contribution in [-0.4, -0.2) is 23.2 Å². The van der Waals surface area contributed by atoms with Crippen molar-refractivity contribution in [1.82, 2.24) is 9.97 Å². The van der Waals surface area contributed by atoms with Crippen LogP contribution >= 0.6 is 0 Å². The van der Waals surface area contributed by atoms with Crippen LogP contribution in [0.15, 0.2) is 78.9 Å².